The van der Waals surface area contributed by atoms with Gasteiger partial charge in [-0.1, -0.05) is 190 Å². The van der Waals surface area contributed by atoms with Crippen LogP contribution in [-0.4, -0.2) is 74.9 Å². The van der Waals surface area contributed by atoms with Crippen LogP contribution >= 0.6 is 7.82 Å². The molecule has 0 heterocycles. The Labute approximate surface area is 375 Å². The summed E-state index contributed by atoms with van der Waals surface area (Å²) in [6.45, 7) is 4.30. The number of hydrogen-bond donors (Lipinski definition) is 1. The van der Waals surface area contributed by atoms with Crippen LogP contribution in [0.25, 0.3) is 0 Å². The molecule has 0 saturated carbocycles. The maximum atomic E-state index is 12.7. The number of quaternary nitrogens is 1. The summed E-state index contributed by atoms with van der Waals surface area (Å²) in [4.78, 5) is 35.5. The average Bonchev–Trinajstić information content (AvgIpc) is 3.21. The van der Waals surface area contributed by atoms with Crippen molar-refractivity contribution in [1.82, 2.24) is 0 Å². The van der Waals surface area contributed by atoms with Gasteiger partial charge in [-0.3, -0.25) is 18.6 Å². The molecule has 0 spiro atoms. The molecule has 0 bridgehead atoms. The molecule has 0 aliphatic rings. The third kappa shape index (κ3) is 47.0. The number of carbonyl (C=O) groups is 2. The van der Waals surface area contributed by atoms with Gasteiger partial charge in [-0.15, -0.1) is 0 Å². The predicted octanol–water partition coefficient (Wildman–Crippen LogP) is 14.4. The third-order valence-electron chi connectivity index (χ3n) is 10.3. The Hall–Kier alpha value is -2.29. The van der Waals surface area contributed by atoms with Crippen molar-refractivity contribution in [3.05, 3.63) is 60.8 Å². The summed E-state index contributed by atoms with van der Waals surface area (Å²) >= 11 is 0. The van der Waals surface area contributed by atoms with Gasteiger partial charge in [-0.2, -0.15) is 0 Å². The van der Waals surface area contributed by atoms with Gasteiger partial charge in [0.05, 0.1) is 27.7 Å². The van der Waals surface area contributed by atoms with Crippen molar-refractivity contribution >= 4 is 19.8 Å². The summed E-state index contributed by atoms with van der Waals surface area (Å²) in [6.07, 6.45) is 52.6. The largest absolute Gasteiger partial charge is 0.472 e. The first-order valence-electron chi connectivity index (χ1n) is 24.5. The molecule has 10 heteroatoms. The minimum Gasteiger partial charge on any atom is -0.462 e. The van der Waals surface area contributed by atoms with Crippen LogP contribution in [0.4, 0.5) is 0 Å². The Morgan fingerprint density at radius 3 is 1.39 bits per heavy atom. The molecule has 61 heavy (non-hydrogen) atoms. The number of phosphoric ester groups is 1. The van der Waals surface area contributed by atoms with E-state index in [9.17, 15) is 19.0 Å². The molecular formula is C51H93NO8P+. The Morgan fingerprint density at radius 1 is 0.525 bits per heavy atom. The Morgan fingerprint density at radius 2 is 0.934 bits per heavy atom. The van der Waals surface area contributed by atoms with E-state index in [0.717, 1.165) is 77.0 Å². The molecule has 2 atom stereocenters. The zero-order valence-electron chi connectivity index (χ0n) is 39.9. The number of rotatable bonds is 44. The molecule has 1 N–H and O–H groups in total. The van der Waals surface area contributed by atoms with E-state index in [2.05, 4.69) is 74.6 Å². The van der Waals surface area contributed by atoms with Gasteiger partial charge < -0.3 is 18.9 Å². The summed E-state index contributed by atoms with van der Waals surface area (Å²) in [6, 6.07) is 0. The highest BCUT2D eigenvalue weighted by molar-refractivity contribution is 7.47. The van der Waals surface area contributed by atoms with E-state index in [1.165, 1.54) is 89.9 Å². The Kier molecular flexibility index (Phi) is 41.4. The van der Waals surface area contributed by atoms with E-state index >= 15 is 0 Å². The van der Waals surface area contributed by atoms with E-state index in [4.69, 9.17) is 18.5 Å². The lowest BCUT2D eigenvalue weighted by Gasteiger charge is -2.24. The van der Waals surface area contributed by atoms with Gasteiger partial charge in [0.2, 0.25) is 0 Å². The highest BCUT2D eigenvalue weighted by Gasteiger charge is 2.27. The van der Waals surface area contributed by atoms with Crippen molar-refractivity contribution in [3.63, 3.8) is 0 Å². The van der Waals surface area contributed by atoms with E-state index in [-0.39, 0.29) is 32.0 Å². The lowest BCUT2D eigenvalue weighted by molar-refractivity contribution is -0.870. The minimum atomic E-state index is -4.38. The molecule has 0 aromatic heterocycles. The van der Waals surface area contributed by atoms with Crippen LogP contribution in [-0.2, 0) is 32.7 Å². The fourth-order valence-electron chi connectivity index (χ4n) is 6.51. The first kappa shape index (κ1) is 58.7. The number of phosphoric acid groups is 1. The van der Waals surface area contributed by atoms with Crippen molar-refractivity contribution in [1.29, 1.82) is 0 Å². The molecular weight excluding hydrogens is 786 g/mol. The Bertz CT molecular complexity index is 1220. The van der Waals surface area contributed by atoms with Gasteiger partial charge in [0, 0.05) is 12.8 Å². The molecule has 0 fully saturated rings. The first-order chi connectivity index (χ1) is 29.5. The molecule has 0 saturated heterocycles. The molecule has 0 aromatic rings. The fraction of sp³-hybridized carbons (Fsp3) is 0.765. The number of hydrogen-bond acceptors (Lipinski definition) is 7. The zero-order valence-corrected chi connectivity index (χ0v) is 40.8. The summed E-state index contributed by atoms with van der Waals surface area (Å²) in [5.41, 5.74) is 0. The van der Waals surface area contributed by atoms with Crippen molar-refractivity contribution in [3.8, 4) is 0 Å². The minimum absolute atomic E-state index is 0.0280. The molecule has 0 radical (unpaired) electrons. The van der Waals surface area contributed by atoms with E-state index in [1.54, 1.807) is 0 Å². The van der Waals surface area contributed by atoms with Crippen molar-refractivity contribution in [2.45, 2.75) is 206 Å². The number of ether oxygens (including phenoxy) is 2. The first-order valence-corrected chi connectivity index (χ1v) is 26.0. The van der Waals surface area contributed by atoms with Gasteiger partial charge in [0.15, 0.2) is 6.10 Å². The second kappa shape index (κ2) is 43.0. The number of carbonyl (C=O) groups excluding carboxylic acids is 2. The quantitative estimate of drug-likeness (QED) is 0.0212. The number of allylic oxidation sites excluding steroid dienone is 10. The summed E-state index contributed by atoms with van der Waals surface area (Å²) in [5.74, 6) is -0.809. The monoisotopic (exact) mass is 879 g/mol. The smallest absolute Gasteiger partial charge is 0.462 e. The predicted molar refractivity (Wildman–Crippen MR) is 256 cm³/mol. The molecule has 0 amide bonds. The van der Waals surface area contributed by atoms with Crippen LogP contribution in [0, 0.1) is 0 Å². The van der Waals surface area contributed by atoms with Crippen LogP contribution < -0.4 is 0 Å². The highest BCUT2D eigenvalue weighted by Crippen LogP contribution is 2.43. The number of esters is 2. The maximum Gasteiger partial charge on any atom is 0.472 e. The summed E-state index contributed by atoms with van der Waals surface area (Å²) in [7, 11) is 1.47. The fourth-order valence-corrected chi connectivity index (χ4v) is 7.25. The van der Waals surface area contributed by atoms with Gasteiger partial charge in [-0.25, -0.2) is 4.57 Å². The van der Waals surface area contributed by atoms with E-state index in [1.807, 2.05) is 21.1 Å². The molecule has 0 aliphatic heterocycles. The van der Waals surface area contributed by atoms with Crippen LogP contribution in [0.1, 0.15) is 200 Å². The van der Waals surface area contributed by atoms with Crippen molar-refractivity contribution < 1.29 is 42.1 Å². The number of unbranched alkanes of at least 4 members (excludes halogenated alkanes) is 20. The van der Waals surface area contributed by atoms with E-state index < -0.39 is 26.5 Å². The molecule has 0 aliphatic carbocycles. The topological polar surface area (TPSA) is 108 Å². The lowest BCUT2D eigenvalue weighted by Crippen LogP contribution is -2.37. The highest BCUT2D eigenvalue weighted by atomic mass is 31.2. The lowest BCUT2D eigenvalue weighted by atomic mass is 10.0. The van der Waals surface area contributed by atoms with Crippen LogP contribution in [0.3, 0.4) is 0 Å². The normalized spacial score (nSPS) is 14.0. The Balaban J connectivity index is 4.30. The second-order valence-corrected chi connectivity index (χ2v) is 18.9. The third-order valence-corrected chi connectivity index (χ3v) is 11.3. The molecule has 0 rings (SSSR count). The molecule has 354 valence electrons. The van der Waals surface area contributed by atoms with Crippen LogP contribution in [0.15, 0.2) is 60.8 Å². The number of likely N-dealkylation sites (N-methyl/N-ethyl adjacent to an activating group) is 1. The van der Waals surface area contributed by atoms with Gasteiger partial charge >= 0.3 is 19.8 Å². The van der Waals surface area contributed by atoms with E-state index in [0.29, 0.717) is 17.4 Å². The van der Waals surface area contributed by atoms with Gasteiger partial charge in [0.25, 0.3) is 0 Å². The number of nitrogens with zero attached hydrogens (tertiary/aromatic N) is 1. The summed E-state index contributed by atoms with van der Waals surface area (Å²) < 4.78 is 34.4. The second-order valence-electron chi connectivity index (χ2n) is 17.5. The summed E-state index contributed by atoms with van der Waals surface area (Å²) in [5, 5.41) is 0. The molecule has 9 nitrogen and oxygen atoms in total. The SMILES string of the molecule is CC/C=C\C/C=C\C/C=C\C/C=C\C/C=C\CCCCCCCCCC(=O)OC(COC(=O)CCCCCCCCCCCCCCCC)COP(=O)(O)OCC[N+](C)(C)C. The van der Waals surface area contributed by atoms with Gasteiger partial charge in [-0.05, 0) is 57.8 Å². The molecule has 2 unspecified atom stereocenters. The molecule has 0 aromatic carbocycles. The zero-order chi connectivity index (χ0) is 45.0. The maximum absolute atomic E-state index is 12.7. The van der Waals surface area contributed by atoms with Gasteiger partial charge in [0.1, 0.15) is 19.8 Å². The van der Waals surface area contributed by atoms with Crippen molar-refractivity contribution in [2.75, 3.05) is 47.5 Å². The van der Waals surface area contributed by atoms with Crippen molar-refractivity contribution in [2.24, 2.45) is 0 Å². The average molecular weight is 879 g/mol. The van der Waals surface area contributed by atoms with Crippen LogP contribution in [0.2, 0.25) is 0 Å². The van der Waals surface area contributed by atoms with Crippen LogP contribution in [0.5, 0.6) is 0 Å². The standard InChI is InChI=1S/C51H92NO8P/c1-6-8-10-12-14-16-18-20-22-23-24-25-26-27-28-29-30-32-34-36-38-40-42-44-51(54)60-49(48-59-61(55,56)58-46-45-52(3,4)5)47-57-50(53)43-41-39-37-35-33-31-21-19-17-15-13-11-9-7-2/h8,10,14,16,20,22,24-25,27-28,49H,6-7,9,11-13,15,17-19,21,23,26,29-48H2,1-5H3/p+1/b10-8-,16-14-,22-20-,25-24-,28-27-.